The van der Waals surface area contributed by atoms with E-state index in [2.05, 4.69) is 10.6 Å². The van der Waals surface area contributed by atoms with Crippen molar-refractivity contribution in [2.24, 2.45) is 0 Å². The van der Waals surface area contributed by atoms with E-state index in [9.17, 15) is 54.3 Å². The third-order valence-electron chi connectivity index (χ3n) is 12.8. The molecule has 19 heteroatoms. The summed E-state index contributed by atoms with van der Waals surface area (Å²) >= 11 is 0. The van der Waals surface area contributed by atoms with Gasteiger partial charge in [0.25, 0.3) is 0 Å². The van der Waals surface area contributed by atoms with E-state index >= 15 is 0 Å². The first kappa shape index (κ1) is 66.6. The third-order valence-corrected chi connectivity index (χ3v) is 12.8. The van der Waals surface area contributed by atoms with Crippen molar-refractivity contribution in [3.8, 4) is 11.5 Å². The van der Waals surface area contributed by atoms with Crippen LogP contribution in [0.15, 0.2) is 109 Å². The molecule has 5 rings (SSSR count). The van der Waals surface area contributed by atoms with Crippen molar-refractivity contribution in [3.05, 3.63) is 120 Å². The van der Waals surface area contributed by atoms with E-state index in [1.165, 1.54) is 24.3 Å². The van der Waals surface area contributed by atoms with E-state index in [0.717, 1.165) is 75.3 Å². The summed E-state index contributed by atoms with van der Waals surface area (Å²) in [7, 11) is 0. The van der Waals surface area contributed by atoms with Crippen LogP contribution in [0.25, 0.3) is 0 Å². The molecule has 0 aromatic heterocycles. The van der Waals surface area contributed by atoms with Crippen molar-refractivity contribution in [1.82, 2.24) is 9.80 Å². The Kier molecular flexibility index (Phi) is 28.3. The zero-order valence-electron chi connectivity index (χ0n) is 47.9. The van der Waals surface area contributed by atoms with E-state index < -0.39 is 60.7 Å². The SMILES string of the molecule is CC(C)(C)OC(=O)N(CCCCCCCC(=O)c1ccccc1)CCC(=O)Nc1ccc(O)cc1.CC(C)(C)OC(=O)N(CCCCCCCC(=O)c1ccccc1)CCC(=O)Nc1ccc(O[C@H]2O[C@H](CO)[C@@H](O)[C@H](O)[C@H]2O)cc1. The number of amides is 4. The Morgan fingerprint density at radius 1 is 0.494 bits per heavy atom. The lowest BCUT2D eigenvalue weighted by molar-refractivity contribution is -0.277. The molecule has 0 bridgehead atoms. The number of rotatable bonds is 29. The van der Waals surface area contributed by atoms with Gasteiger partial charge in [-0.1, -0.05) is 99.2 Å². The number of Topliss-reactive ketones (excluding diaryl/α,β-unsaturated/α-hetero) is 2. The molecular formula is C62H86N4O15. The molecule has 1 heterocycles. The second-order valence-electron chi connectivity index (χ2n) is 22.0. The minimum Gasteiger partial charge on any atom is -0.508 e. The Morgan fingerprint density at radius 3 is 1.30 bits per heavy atom. The maximum absolute atomic E-state index is 12.9. The van der Waals surface area contributed by atoms with E-state index in [0.29, 0.717) is 37.3 Å². The van der Waals surface area contributed by atoms with Gasteiger partial charge in [-0.3, -0.25) is 19.2 Å². The number of hydrogen-bond donors (Lipinski definition) is 7. The minimum absolute atomic E-state index is 0.0456. The van der Waals surface area contributed by atoms with E-state index in [1.54, 1.807) is 54.8 Å². The second kappa shape index (κ2) is 34.4. The third kappa shape index (κ3) is 26.1. The number of aromatic hydroxyl groups is 1. The van der Waals surface area contributed by atoms with Crippen LogP contribution in [0.5, 0.6) is 11.5 Å². The summed E-state index contributed by atoms with van der Waals surface area (Å²) in [5.74, 6) is 0.189. The molecule has 5 atom stereocenters. The van der Waals surface area contributed by atoms with E-state index in [1.807, 2.05) is 81.4 Å². The zero-order valence-corrected chi connectivity index (χ0v) is 47.9. The Hall–Kier alpha value is -6.90. The molecule has 0 saturated carbocycles. The number of carbonyl (C=O) groups is 6. The van der Waals surface area contributed by atoms with E-state index in [4.69, 9.17) is 18.9 Å². The number of phenolic OH excluding ortho intramolecular Hbond substituents is 1. The fourth-order valence-corrected chi connectivity index (χ4v) is 8.40. The number of anilines is 2. The lowest BCUT2D eigenvalue weighted by atomic mass is 9.99. The lowest BCUT2D eigenvalue weighted by Gasteiger charge is -2.39. The molecular weight excluding hydrogens is 1040 g/mol. The summed E-state index contributed by atoms with van der Waals surface area (Å²) < 4.78 is 22.0. The number of aliphatic hydroxyl groups excluding tert-OH is 4. The maximum atomic E-state index is 12.9. The summed E-state index contributed by atoms with van der Waals surface area (Å²) in [4.78, 5) is 78.1. The number of nitrogens with zero attached hydrogens (tertiary/aromatic N) is 2. The first-order valence-corrected chi connectivity index (χ1v) is 28.1. The number of aliphatic hydroxyl groups is 4. The van der Waals surface area contributed by atoms with Crippen molar-refractivity contribution in [2.45, 2.75) is 173 Å². The predicted octanol–water partition coefficient (Wildman–Crippen LogP) is 9.84. The van der Waals surface area contributed by atoms with E-state index in [-0.39, 0.29) is 60.8 Å². The fourth-order valence-electron chi connectivity index (χ4n) is 8.40. The number of nitrogens with one attached hydrogen (secondary N) is 2. The van der Waals surface area contributed by atoms with Gasteiger partial charge in [0.2, 0.25) is 18.1 Å². The van der Waals surface area contributed by atoms with Gasteiger partial charge in [0, 0.05) is 74.4 Å². The summed E-state index contributed by atoms with van der Waals surface area (Å²) in [6.45, 7) is 11.6. The van der Waals surface area contributed by atoms with Crippen LogP contribution >= 0.6 is 0 Å². The highest BCUT2D eigenvalue weighted by molar-refractivity contribution is 5.96. The van der Waals surface area contributed by atoms with Gasteiger partial charge >= 0.3 is 12.2 Å². The molecule has 1 saturated heterocycles. The zero-order chi connectivity index (χ0) is 59.4. The topological polar surface area (TPSA) is 271 Å². The molecule has 81 heavy (non-hydrogen) atoms. The van der Waals surface area contributed by atoms with Crippen LogP contribution in [0.3, 0.4) is 0 Å². The number of benzene rings is 4. The average Bonchev–Trinajstić information content (AvgIpc) is 3.45. The van der Waals surface area contributed by atoms with Gasteiger partial charge in [-0.15, -0.1) is 0 Å². The van der Waals surface area contributed by atoms with Crippen molar-refractivity contribution >= 4 is 46.9 Å². The molecule has 7 N–H and O–H groups in total. The molecule has 4 amide bonds. The molecule has 1 aliphatic heterocycles. The van der Waals surface area contributed by atoms with Gasteiger partial charge in [-0.05, 0) is 116 Å². The number of unbranched alkanes of at least 4 members (excludes halogenated alkanes) is 8. The van der Waals surface area contributed by atoms with Crippen LogP contribution in [-0.4, -0.2) is 146 Å². The highest BCUT2D eigenvalue weighted by Gasteiger charge is 2.44. The minimum atomic E-state index is -1.56. The molecule has 4 aromatic rings. The summed E-state index contributed by atoms with van der Waals surface area (Å²) in [6.07, 6.45) is 2.12. The number of phenols is 1. The van der Waals surface area contributed by atoms with Crippen molar-refractivity contribution in [1.29, 1.82) is 0 Å². The fraction of sp³-hybridized carbons (Fsp3) is 0.516. The van der Waals surface area contributed by atoms with Gasteiger partial charge < -0.3 is 64.9 Å². The van der Waals surface area contributed by atoms with Crippen molar-refractivity contribution in [3.63, 3.8) is 0 Å². The summed E-state index contributed by atoms with van der Waals surface area (Å²) in [6, 6.07) is 31.1. The van der Waals surface area contributed by atoms with Crippen molar-refractivity contribution < 1.29 is 73.2 Å². The van der Waals surface area contributed by atoms with Crippen LogP contribution in [0.2, 0.25) is 0 Å². The Morgan fingerprint density at radius 2 is 0.889 bits per heavy atom. The van der Waals surface area contributed by atoms with Crippen LogP contribution in [0, 0.1) is 0 Å². The first-order valence-electron chi connectivity index (χ1n) is 28.1. The number of ether oxygens (including phenoxy) is 4. The summed E-state index contributed by atoms with van der Waals surface area (Å²) in [5, 5.41) is 54.3. The van der Waals surface area contributed by atoms with Gasteiger partial charge in [0.05, 0.1) is 6.61 Å². The van der Waals surface area contributed by atoms with Gasteiger partial charge in [-0.2, -0.15) is 0 Å². The number of ketones is 2. The quantitative estimate of drug-likeness (QED) is 0.0151. The summed E-state index contributed by atoms with van der Waals surface area (Å²) in [5.41, 5.74) is 1.26. The highest BCUT2D eigenvalue weighted by atomic mass is 16.7. The Bertz CT molecular complexity index is 2520. The first-order chi connectivity index (χ1) is 38.5. The number of carbonyl (C=O) groups excluding carboxylic acids is 6. The molecule has 0 aliphatic carbocycles. The molecule has 1 aliphatic rings. The molecule has 0 unspecified atom stereocenters. The predicted molar refractivity (Wildman–Crippen MR) is 308 cm³/mol. The van der Waals surface area contributed by atoms with Crippen molar-refractivity contribution in [2.75, 3.05) is 43.4 Å². The second-order valence-corrected chi connectivity index (χ2v) is 22.0. The molecule has 0 radical (unpaired) electrons. The molecule has 0 spiro atoms. The average molecular weight is 1130 g/mol. The Labute approximate surface area is 476 Å². The van der Waals surface area contributed by atoms with Gasteiger partial charge in [0.1, 0.15) is 47.1 Å². The lowest BCUT2D eigenvalue weighted by Crippen LogP contribution is -2.60. The number of hydrogen-bond acceptors (Lipinski definition) is 15. The van der Waals surface area contributed by atoms with Crippen LogP contribution < -0.4 is 15.4 Å². The van der Waals surface area contributed by atoms with Crippen LogP contribution in [0.1, 0.15) is 152 Å². The highest BCUT2D eigenvalue weighted by Crippen LogP contribution is 2.26. The largest absolute Gasteiger partial charge is 0.508 e. The van der Waals surface area contributed by atoms with Crippen LogP contribution in [0.4, 0.5) is 21.0 Å². The Balaban J connectivity index is 0.000000362. The standard InChI is InChI=1S/C34H48N2O10.C28H38N2O5/c1-34(2,3)46-33(43)36(20-11-6-4-5-10-14-26(38)23-12-8-7-9-13-23)21-19-28(39)35-24-15-17-25(18-16-24)44-32-31(42)30(41)29(40)27(22-37)45-32;1-28(2,3)35-27(34)30(21-19-26(33)29-23-15-17-24(31)18-16-23)20-11-6-4-5-10-14-25(32)22-12-8-7-9-13-22/h7-9,12-13,15-18,27,29-32,37,40-42H,4-6,10-11,14,19-22H2,1-3H3,(H,35,39);7-9,12-13,15-18,31H,4-6,10-11,14,19-21H2,1-3H3,(H,29,33)/t27-,29-,30+,31-,32+;/m1./s1. The molecule has 19 nitrogen and oxygen atoms in total. The molecule has 1 fully saturated rings. The monoisotopic (exact) mass is 1130 g/mol. The molecule has 4 aromatic carbocycles. The maximum Gasteiger partial charge on any atom is 0.410 e. The van der Waals surface area contributed by atoms with Gasteiger partial charge in [-0.25, -0.2) is 9.59 Å². The van der Waals surface area contributed by atoms with Crippen LogP contribution in [-0.2, 0) is 23.8 Å². The van der Waals surface area contributed by atoms with Gasteiger partial charge in [0.15, 0.2) is 11.6 Å². The normalized spacial score (nSPS) is 16.9. The molecule has 444 valence electrons. The smallest absolute Gasteiger partial charge is 0.410 e.